The predicted octanol–water partition coefficient (Wildman–Crippen LogP) is 0.803. The number of hydrogen-bond donors (Lipinski definition) is 1. The van der Waals surface area contributed by atoms with Gasteiger partial charge in [0.05, 0.1) is 13.2 Å². The van der Waals surface area contributed by atoms with Gasteiger partial charge in [0.2, 0.25) is 0 Å². The fourth-order valence-electron chi connectivity index (χ4n) is 2.45. The lowest BCUT2D eigenvalue weighted by Gasteiger charge is -2.32. The molecule has 0 radical (unpaired) electrons. The first-order valence-corrected chi connectivity index (χ1v) is 8.89. The first-order valence-electron chi connectivity index (χ1n) is 7.45. The van der Waals surface area contributed by atoms with Crippen LogP contribution in [0.3, 0.4) is 0 Å². The summed E-state index contributed by atoms with van der Waals surface area (Å²) in [6, 6.07) is 7.85. The van der Waals surface area contributed by atoms with Crippen molar-refractivity contribution in [1.82, 2.24) is 13.9 Å². The lowest BCUT2D eigenvalue weighted by molar-refractivity contribution is 0.0387. The molecule has 1 fully saturated rings. The van der Waals surface area contributed by atoms with Crippen LogP contribution in [0.25, 0.3) is 0 Å². The van der Waals surface area contributed by atoms with Crippen molar-refractivity contribution in [3.8, 4) is 0 Å². The van der Waals surface area contributed by atoms with Crippen LogP contribution >= 0.6 is 0 Å². The summed E-state index contributed by atoms with van der Waals surface area (Å²) in [7, 11) is 0.574. The van der Waals surface area contributed by atoms with Crippen LogP contribution in [0.2, 0.25) is 0 Å². The van der Waals surface area contributed by atoms with E-state index >= 15 is 0 Å². The van der Waals surface area contributed by atoms with Crippen LogP contribution in [0, 0.1) is 0 Å². The number of nitrogens with one attached hydrogen (secondary N) is 1. The average molecular weight is 327 g/mol. The molecule has 6 nitrogen and oxygen atoms in total. The van der Waals surface area contributed by atoms with E-state index in [-0.39, 0.29) is 6.04 Å². The van der Waals surface area contributed by atoms with Crippen molar-refractivity contribution in [3.05, 3.63) is 35.4 Å². The highest BCUT2D eigenvalue weighted by Crippen LogP contribution is 2.12. The van der Waals surface area contributed by atoms with E-state index in [1.54, 1.807) is 0 Å². The molecule has 0 spiro atoms. The van der Waals surface area contributed by atoms with Crippen LogP contribution in [0.1, 0.15) is 18.1 Å². The summed E-state index contributed by atoms with van der Waals surface area (Å²) >= 11 is 0. The smallest absolute Gasteiger partial charge is 0.280 e. The van der Waals surface area contributed by atoms with E-state index < -0.39 is 10.2 Å². The van der Waals surface area contributed by atoms with E-state index in [2.05, 4.69) is 9.62 Å². The number of hydrogen-bond acceptors (Lipinski definition) is 4. The molecule has 1 atom stereocenters. The molecule has 124 valence electrons. The number of morpholine rings is 1. The topological polar surface area (TPSA) is 61.9 Å². The first-order chi connectivity index (χ1) is 10.4. The number of nitrogens with zero attached hydrogens (tertiary/aromatic N) is 2. The second-order valence-corrected chi connectivity index (χ2v) is 7.62. The third-order valence-electron chi connectivity index (χ3n) is 3.60. The van der Waals surface area contributed by atoms with Crippen LogP contribution in [0.4, 0.5) is 0 Å². The van der Waals surface area contributed by atoms with Crippen LogP contribution in [-0.2, 0) is 28.0 Å². The van der Waals surface area contributed by atoms with Gasteiger partial charge in [0.25, 0.3) is 10.2 Å². The van der Waals surface area contributed by atoms with Gasteiger partial charge in [-0.2, -0.15) is 17.4 Å². The third kappa shape index (κ3) is 4.76. The van der Waals surface area contributed by atoms with Gasteiger partial charge in [0.15, 0.2) is 0 Å². The van der Waals surface area contributed by atoms with Crippen molar-refractivity contribution >= 4 is 10.2 Å². The van der Waals surface area contributed by atoms with Crippen LogP contribution in [0.15, 0.2) is 24.3 Å². The highest BCUT2D eigenvalue weighted by molar-refractivity contribution is 7.87. The molecule has 1 heterocycles. The molecular weight excluding hydrogens is 302 g/mol. The molecule has 0 amide bonds. The van der Waals surface area contributed by atoms with Gasteiger partial charge in [0, 0.05) is 25.7 Å². The lowest BCUT2D eigenvalue weighted by Crippen LogP contribution is -2.51. The molecular formula is C15H25N3O3S. The maximum atomic E-state index is 12.3. The van der Waals surface area contributed by atoms with Crippen molar-refractivity contribution in [1.29, 1.82) is 0 Å². The fraction of sp³-hybridized carbons (Fsp3) is 0.600. The summed E-state index contributed by atoms with van der Waals surface area (Å²) in [6.45, 7) is 4.32. The van der Waals surface area contributed by atoms with Gasteiger partial charge in [-0.3, -0.25) is 0 Å². The minimum atomic E-state index is -3.46. The maximum absolute atomic E-state index is 12.3. The second-order valence-electron chi connectivity index (χ2n) is 5.92. The normalized spacial score (nSPS) is 20.5. The molecule has 1 unspecified atom stereocenters. The molecule has 7 heteroatoms. The van der Waals surface area contributed by atoms with E-state index in [1.165, 1.54) is 9.87 Å². The molecule has 0 aromatic heterocycles. The Labute approximate surface area is 133 Å². The van der Waals surface area contributed by atoms with Gasteiger partial charge in [-0.1, -0.05) is 24.3 Å². The Hall–Kier alpha value is -0.990. The van der Waals surface area contributed by atoms with Crippen LogP contribution < -0.4 is 4.72 Å². The van der Waals surface area contributed by atoms with E-state index in [4.69, 9.17) is 4.74 Å². The minimum Gasteiger partial charge on any atom is -0.378 e. The van der Waals surface area contributed by atoms with Crippen molar-refractivity contribution in [2.45, 2.75) is 26.1 Å². The predicted molar refractivity (Wildman–Crippen MR) is 86.6 cm³/mol. The summed E-state index contributed by atoms with van der Waals surface area (Å²) in [5, 5.41) is 0. The average Bonchev–Trinajstić information content (AvgIpc) is 2.46. The number of rotatable bonds is 6. The van der Waals surface area contributed by atoms with Crippen molar-refractivity contribution < 1.29 is 13.2 Å². The highest BCUT2D eigenvalue weighted by atomic mass is 32.2. The quantitative estimate of drug-likeness (QED) is 0.840. The standard InChI is InChI=1S/C15H25N3O3S/c1-13-12-21-9-8-18(13)22(19,20)16-10-14-4-6-15(7-5-14)11-17(2)3/h4-7,13,16H,8-12H2,1-3H3. The van der Waals surface area contributed by atoms with Gasteiger partial charge in [-0.25, -0.2) is 0 Å². The van der Waals surface area contributed by atoms with Gasteiger partial charge >= 0.3 is 0 Å². The Morgan fingerprint density at radius 3 is 2.50 bits per heavy atom. The first kappa shape index (κ1) is 17.4. The summed E-state index contributed by atoms with van der Waals surface area (Å²) in [6.07, 6.45) is 0. The molecule has 0 bridgehead atoms. The van der Waals surface area contributed by atoms with Crippen molar-refractivity contribution in [2.24, 2.45) is 0 Å². The summed E-state index contributed by atoms with van der Waals surface area (Å²) in [4.78, 5) is 2.09. The zero-order chi connectivity index (χ0) is 16.2. The molecule has 22 heavy (non-hydrogen) atoms. The number of ether oxygens (including phenoxy) is 1. The van der Waals surface area contributed by atoms with Gasteiger partial charge in [-0.15, -0.1) is 0 Å². The highest BCUT2D eigenvalue weighted by Gasteiger charge is 2.29. The molecule has 1 N–H and O–H groups in total. The molecule has 2 rings (SSSR count). The third-order valence-corrected chi connectivity index (χ3v) is 5.26. The van der Waals surface area contributed by atoms with Gasteiger partial charge in [0.1, 0.15) is 0 Å². The minimum absolute atomic E-state index is 0.131. The molecule has 1 aliphatic rings. The Morgan fingerprint density at radius 1 is 1.27 bits per heavy atom. The van der Waals surface area contributed by atoms with E-state index in [0.29, 0.717) is 26.3 Å². The largest absolute Gasteiger partial charge is 0.378 e. The van der Waals surface area contributed by atoms with Crippen molar-refractivity contribution in [3.63, 3.8) is 0 Å². The lowest BCUT2D eigenvalue weighted by atomic mass is 10.1. The van der Waals surface area contributed by atoms with Crippen molar-refractivity contribution in [2.75, 3.05) is 33.9 Å². The molecule has 0 saturated carbocycles. The van der Waals surface area contributed by atoms with Gasteiger partial charge < -0.3 is 9.64 Å². The summed E-state index contributed by atoms with van der Waals surface area (Å²) in [5.41, 5.74) is 2.16. The molecule has 0 aliphatic carbocycles. The molecule has 1 saturated heterocycles. The zero-order valence-corrected chi connectivity index (χ0v) is 14.3. The van der Waals surface area contributed by atoms with E-state index in [1.807, 2.05) is 45.3 Å². The van der Waals surface area contributed by atoms with Crippen LogP contribution in [-0.4, -0.2) is 57.5 Å². The molecule has 1 aromatic rings. The fourth-order valence-corrected chi connectivity index (χ4v) is 3.82. The molecule has 1 aliphatic heterocycles. The maximum Gasteiger partial charge on any atom is 0.280 e. The van der Waals surface area contributed by atoms with Crippen LogP contribution in [0.5, 0.6) is 0 Å². The molecule has 1 aromatic carbocycles. The Balaban J connectivity index is 1.93. The SMILES string of the molecule is CC1COCCN1S(=O)(=O)NCc1ccc(CN(C)C)cc1. The Bertz CT molecular complexity index is 572. The number of benzene rings is 1. The van der Waals surface area contributed by atoms with Gasteiger partial charge in [-0.05, 0) is 32.1 Å². The monoisotopic (exact) mass is 327 g/mol. The zero-order valence-electron chi connectivity index (χ0n) is 13.4. The Morgan fingerprint density at radius 2 is 1.91 bits per heavy atom. The summed E-state index contributed by atoms with van der Waals surface area (Å²) < 4.78 is 34.1. The Kier molecular flexibility index (Phi) is 5.94. The second kappa shape index (κ2) is 7.52. The van der Waals surface area contributed by atoms with E-state index in [0.717, 1.165) is 12.1 Å². The summed E-state index contributed by atoms with van der Waals surface area (Å²) in [5.74, 6) is 0. The van der Waals surface area contributed by atoms with E-state index in [9.17, 15) is 8.42 Å².